The van der Waals surface area contributed by atoms with Crippen LogP contribution in [0.5, 0.6) is 0 Å². The molecule has 0 heterocycles. The minimum Gasteiger partial charge on any atom is -0.198 e. The van der Waals surface area contributed by atoms with E-state index in [1.54, 1.807) is 11.8 Å². The first-order valence-electron chi connectivity index (χ1n) is 5.52. The molecule has 2 rings (SSSR count). The minimum atomic E-state index is -0.0404. The molecule has 1 unspecified atom stereocenters. The summed E-state index contributed by atoms with van der Waals surface area (Å²) in [6.07, 6.45) is 0. The van der Waals surface area contributed by atoms with E-state index in [1.807, 2.05) is 48.5 Å². The van der Waals surface area contributed by atoms with Crippen LogP contribution in [-0.4, -0.2) is 5.75 Å². The van der Waals surface area contributed by atoms with Gasteiger partial charge in [-0.05, 0) is 17.7 Å². The van der Waals surface area contributed by atoms with Gasteiger partial charge >= 0.3 is 0 Å². The van der Waals surface area contributed by atoms with Crippen LogP contribution in [0.4, 0.5) is 0 Å². The first-order chi connectivity index (χ1) is 8.40. The van der Waals surface area contributed by atoms with Crippen LogP contribution in [0.1, 0.15) is 11.5 Å². The van der Waals surface area contributed by atoms with E-state index in [0.717, 1.165) is 11.3 Å². The molecule has 0 aromatic heterocycles. The second-order valence-electron chi connectivity index (χ2n) is 3.72. The van der Waals surface area contributed by atoms with Crippen molar-refractivity contribution >= 4 is 11.8 Å². The standard InChI is InChI=1S/C15H13NS/c16-11-14(13-7-3-1-4-8-13)12-17-15-9-5-2-6-10-15/h1-10,14H,12H2. The molecule has 17 heavy (non-hydrogen) atoms. The molecule has 1 nitrogen and oxygen atoms in total. The Morgan fingerprint density at radius 2 is 1.53 bits per heavy atom. The van der Waals surface area contributed by atoms with Crippen molar-refractivity contribution in [3.8, 4) is 6.07 Å². The highest BCUT2D eigenvalue weighted by Gasteiger charge is 2.10. The maximum atomic E-state index is 9.19. The minimum absolute atomic E-state index is 0.0404. The molecule has 1 atom stereocenters. The van der Waals surface area contributed by atoms with Crippen molar-refractivity contribution < 1.29 is 0 Å². The van der Waals surface area contributed by atoms with Crippen molar-refractivity contribution in [3.05, 3.63) is 66.2 Å². The molecule has 2 heteroatoms. The van der Waals surface area contributed by atoms with E-state index in [9.17, 15) is 5.26 Å². The number of benzene rings is 2. The fourth-order valence-corrected chi connectivity index (χ4v) is 2.57. The maximum absolute atomic E-state index is 9.19. The van der Waals surface area contributed by atoms with Gasteiger partial charge in [0, 0.05) is 10.6 Å². The van der Waals surface area contributed by atoms with Crippen molar-refractivity contribution in [1.29, 1.82) is 5.26 Å². The number of hydrogen-bond donors (Lipinski definition) is 0. The first kappa shape index (κ1) is 11.8. The van der Waals surface area contributed by atoms with Crippen LogP contribution in [0.25, 0.3) is 0 Å². The van der Waals surface area contributed by atoms with E-state index in [4.69, 9.17) is 0 Å². The lowest BCUT2D eigenvalue weighted by molar-refractivity contribution is 0.996. The summed E-state index contributed by atoms with van der Waals surface area (Å²) in [7, 11) is 0. The van der Waals surface area contributed by atoms with Crippen LogP contribution < -0.4 is 0 Å². The Morgan fingerprint density at radius 1 is 0.941 bits per heavy atom. The zero-order chi connectivity index (χ0) is 11.9. The largest absolute Gasteiger partial charge is 0.198 e. The van der Waals surface area contributed by atoms with E-state index >= 15 is 0 Å². The van der Waals surface area contributed by atoms with Gasteiger partial charge in [-0.25, -0.2) is 0 Å². The number of rotatable bonds is 4. The van der Waals surface area contributed by atoms with Crippen LogP contribution in [0.2, 0.25) is 0 Å². The van der Waals surface area contributed by atoms with E-state index in [-0.39, 0.29) is 5.92 Å². The number of hydrogen-bond acceptors (Lipinski definition) is 2. The van der Waals surface area contributed by atoms with Crippen LogP contribution in [-0.2, 0) is 0 Å². The number of thioether (sulfide) groups is 1. The molecule has 0 radical (unpaired) electrons. The highest BCUT2D eigenvalue weighted by molar-refractivity contribution is 7.99. The van der Waals surface area contributed by atoms with Crippen LogP contribution in [0.15, 0.2) is 65.6 Å². The lowest BCUT2D eigenvalue weighted by atomic mass is 10.0. The van der Waals surface area contributed by atoms with Crippen LogP contribution in [0.3, 0.4) is 0 Å². The fourth-order valence-electron chi connectivity index (χ4n) is 1.59. The fraction of sp³-hybridized carbons (Fsp3) is 0.133. The predicted molar refractivity (Wildman–Crippen MR) is 72.0 cm³/mol. The summed E-state index contributed by atoms with van der Waals surface area (Å²) in [6.45, 7) is 0. The van der Waals surface area contributed by atoms with Crippen molar-refractivity contribution in [3.63, 3.8) is 0 Å². The smallest absolute Gasteiger partial charge is 0.0806 e. The summed E-state index contributed by atoms with van der Waals surface area (Å²) in [6, 6.07) is 22.5. The molecule has 0 saturated carbocycles. The molecular formula is C15H13NS. The molecule has 0 spiro atoms. The normalized spacial score (nSPS) is 11.7. The third-order valence-electron chi connectivity index (χ3n) is 2.52. The average molecular weight is 239 g/mol. The summed E-state index contributed by atoms with van der Waals surface area (Å²) >= 11 is 1.73. The summed E-state index contributed by atoms with van der Waals surface area (Å²) < 4.78 is 0. The number of nitrogens with zero attached hydrogens (tertiary/aromatic N) is 1. The molecule has 0 amide bonds. The predicted octanol–water partition coefficient (Wildman–Crippen LogP) is 4.09. The summed E-state index contributed by atoms with van der Waals surface area (Å²) in [5.41, 5.74) is 1.10. The molecule has 0 N–H and O–H groups in total. The van der Waals surface area contributed by atoms with Gasteiger partial charge < -0.3 is 0 Å². The highest BCUT2D eigenvalue weighted by Crippen LogP contribution is 2.25. The van der Waals surface area contributed by atoms with Gasteiger partial charge in [-0.3, -0.25) is 0 Å². The zero-order valence-corrected chi connectivity index (χ0v) is 10.2. The second kappa shape index (κ2) is 6.12. The second-order valence-corrected chi connectivity index (χ2v) is 4.81. The van der Waals surface area contributed by atoms with Gasteiger partial charge in [0.2, 0.25) is 0 Å². The third-order valence-corrected chi connectivity index (χ3v) is 3.62. The molecule has 0 aliphatic rings. The van der Waals surface area contributed by atoms with Gasteiger partial charge in [-0.15, -0.1) is 11.8 Å². The Hall–Kier alpha value is -1.72. The van der Waals surface area contributed by atoms with E-state index in [2.05, 4.69) is 18.2 Å². The van der Waals surface area contributed by atoms with Gasteiger partial charge in [0.05, 0.1) is 12.0 Å². The van der Waals surface area contributed by atoms with Gasteiger partial charge in [-0.2, -0.15) is 5.26 Å². The summed E-state index contributed by atoms with van der Waals surface area (Å²) in [5, 5.41) is 9.19. The van der Waals surface area contributed by atoms with Crippen LogP contribution in [0, 0.1) is 11.3 Å². The lowest BCUT2D eigenvalue weighted by Gasteiger charge is -2.08. The summed E-state index contributed by atoms with van der Waals surface area (Å²) in [5.74, 6) is 0.756. The molecule has 0 bridgehead atoms. The Kier molecular flexibility index (Phi) is 4.23. The van der Waals surface area contributed by atoms with E-state index in [1.165, 1.54) is 4.90 Å². The van der Waals surface area contributed by atoms with Gasteiger partial charge in [-0.1, -0.05) is 48.5 Å². The zero-order valence-electron chi connectivity index (χ0n) is 9.41. The Morgan fingerprint density at radius 3 is 2.12 bits per heavy atom. The Labute approximate surface area is 106 Å². The molecule has 0 aliphatic heterocycles. The third kappa shape index (κ3) is 3.37. The topological polar surface area (TPSA) is 23.8 Å². The first-order valence-corrected chi connectivity index (χ1v) is 6.51. The monoisotopic (exact) mass is 239 g/mol. The van der Waals surface area contributed by atoms with Crippen molar-refractivity contribution in [2.75, 3.05) is 5.75 Å². The van der Waals surface area contributed by atoms with Gasteiger partial charge in [0.1, 0.15) is 0 Å². The molecule has 2 aromatic rings. The van der Waals surface area contributed by atoms with Crippen molar-refractivity contribution in [2.45, 2.75) is 10.8 Å². The maximum Gasteiger partial charge on any atom is 0.0806 e. The van der Waals surface area contributed by atoms with Crippen molar-refractivity contribution in [2.24, 2.45) is 0 Å². The molecular weight excluding hydrogens is 226 g/mol. The van der Waals surface area contributed by atoms with Crippen molar-refractivity contribution in [1.82, 2.24) is 0 Å². The molecule has 0 fully saturated rings. The average Bonchev–Trinajstić information content (AvgIpc) is 2.42. The summed E-state index contributed by atoms with van der Waals surface area (Å²) in [4.78, 5) is 1.21. The van der Waals surface area contributed by atoms with Gasteiger partial charge in [0.15, 0.2) is 0 Å². The molecule has 0 saturated heterocycles. The quantitative estimate of drug-likeness (QED) is 0.750. The molecule has 0 aliphatic carbocycles. The highest BCUT2D eigenvalue weighted by atomic mass is 32.2. The SMILES string of the molecule is N#CC(CSc1ccccc1)c1ccccc1. The number of nitriles is 1. The Bertz CT molecular complexity index is 487. The van der Waals surface area contributed by atoms with E-state index < -0.39 is 0 Å². The lowest BCUT2D eigenvalue weighted by Crippen LogP contribution is -1.98. The van der Waals surface area contributed by atoms with Crippen LogP contribution >= 0.6 is 11.8 Å². The molecule has 2 aromatic carbocycles. The van der Waals surface area contributed by atoms with Gasteiger partial charge in [0.25, 0.3) is 0 Å². The van der Waals surface area contributed by atoms with E-state index in [0.29, 0.717) is 0 Å². The Balaban J connectivity index is 2.01. The molecule has 84 valence electrons.